The largest absolute Gasteiger partial charge is 0.573 e. The van der Waals surface area contributed by atoms with E-state index >= 15 is 0 Å². The topological polar surface area (TPSA) is 59.6 Å². The van der Waals surface area contributed by atoms with E-state index in [0.717, 1.165) is 18.3 Å². The van der Waals surface area contributed by atoms with Gasteiger partial charge in [0.2, 0.25) is 0 Å². The van der Waals surface area contributed by atoms with Gasteiger partial charge in [0.1, 0.15) is 11.6 Å². The first-order valence-electron chi connectivity index (χ1n) is 4.42. The van der Waals surface area contributed by atoms with Crippen LogP contribution in [0.2, 0.25) is 0 Å². The van der Waals surface area contributed by atoms with Crippen molar-refractivity contribution in [3.05, 3.63) is 29.6 Å². The van der Waals surface area contributed by atoms with Crippen molar-refractivity contribution in [1.82, 2.24) is 5.43 Å². The minimum Gasteiger partial charge on any atom is -0.406 e. The van der Waals surface area contributed by atoms with Gasteiger partial charge >= 0.3 is 6.36 Å². The fourth-order valence-electron chi connectivity index (χ4n) is 0.975. The summed E-state index contributed by atoms with van der Waals surface area (Å²) in [5, 5.41) is 3.34. The van der Waals surface area contributed by atoms with Crippen LogP contribution in [-0.2, 0) is 0 Å². The second kappa shape index (κ2) is 5.63. The van der Waals surface area contributed by atoms with Gasteiger partial charge < -0.3 is 10.5 Å². The highest BCUT2D eigenvalue weighted by Gasteiger charge is 2.31. The quantitative estimate of drug-likeness (QED) is 0.384. The molecule has 0 atom stereocenters. The molecule has 0 amide bonds. The summed E-state index contributed by atoms with van der Waals surface area (Å²) in [5.74, 6) is -1.58. The zero-order valence-corrected chi connectivity index (χ0v) is 9.48. The number of rotatable bonds is 3. The van der Waals surface area contributed by atoms with Gasteiger partial charge in [0.05, 0.1) is 6.21 Å². The Bertz CT molecular complexity index is 475. The van der Waals surface area contributed by atoms with Gasteiger partial charge in [-0.3, -0.25) is 5.43 Å². The fourth-order valence-corrected chi connectivity index (χ4v) is 1.03. The molecule has 18 heavy (non-hydrogen) atoms. The van der Waals surface area contributed by atoms with Crippen LogP contribution in [0, 0.1) is 5.82 Å². The predicted molar refractivity (Wildman–Crippen MR) is 60.6 cm³/mol. The molecule has 1 rings (SSSR count). The molecule has 0 aliphatic heterocycles. The van der Waals surface area contributed by atoms with Gasteiger partial charge in [-0.05, 0) is 24.4 Å². The molecule has 0 fully saturated rings. The smallest absolute Gasteiger partial charge is 0.406 e. The van der Waals surface area contributed by atoms with E-state index in [0.29, 0.717) is 6.07 Å². The number of nitrogens with two attached hydrogens (primary N) is 1. The molecule has 0 unspecified atom stereocenters. The molecular weight excluding hydrogens is 274 g/mol. The van der Waals surface area contributed by atoms with E-state index in [4.69, 9.17) is 5.73 Å². The van der Waals surface area contributed by atoms with Gasteiger partial charge in [0, 0.05) is 11.6 Å². The standard InChI is InChI=1S/C9H7F4N3OS/c10-7-3-6(17-9(11,12)13)2-1-5(7)4-15-16-8(14)18/h1-4H,(H3,14,16,18). The lowest BCUT2D eigenvalue weighted by molar-refractivity contribution is -0.274. The maximum Gasteiger partial charge on any atom is 0.573 e. The van der Waals surface area contributed by atoms with Crippen LogP contribution in [0.4, 0.5) is 17.6 Å². The Hall–Kier alpha value is -1.90. The van der Waals surface area contributed by atoms with E-state index < -0.39 is 17.9 Å². The number of ether oxygens (including phenoxy) is 1. The van der Waals surface area contributed by atoms with Crippen LogP contribution in [0.25, 0.3) is 0 Å². The molecule has 0 spiro atoms. The molecule has 0 aliphatic rings. The highest BCUT2D eigenvalue weighted by molar-refractivity contribution is 7.80. The van der Waals surface area contributed by atoms with Crippen LogP contribution in [0.5, 0.6) is 5.75 Å². The lowest BCUT2D eigenvalue weighted by Crippen LogP contribution is -2.24. The lowest BCUT2D eigenvalue weighted by Gasteiger charge is -2.09. The molecule has 0 bridgehead atoms. The third-order valence-electron chi connectivity index (χ3n) is 1.58. The van der Waals surface area contributed by atoms with Gasteiger partial charge in [0.15, 0.2) is 5.11 Å². The third kappa shape index (κ3) is 4.95. The molecule has 4 nitrogen and oxygen atoms in total. The molecule has 1 aromatic rings. The Labute approximate surface area is 104 Å². The van der Waals surface area contributed by atoms with Crippen molar-refractivity contribution in [3.8, 4) is 5.75 Å². The molecule has 1 aromatic carbocycles. The SMILES string of the molecule is NC(=S)NN=Cc1ccc(OC(F)(F)F)cc1F. The van der Waals surface area contributed by atoms with E-state index in [1.807, 2.05) is 0 Å². The van der Waals surface area contributed by atoms with Gasteiger partial charge in [-0.15, -0.1) is 13.2 Å². The van der Waals surface area contributed by atoms with E-state index in [-0.39, 0.29) is 10.7 Å². The number of nitrogens with one attached hydrogen (secondary N) is 1. The summed E-state index contributed by atoms with van der Waals surface area (Å²) in [4.78, 5) is 0. The molecular formula is C9H7F4N3OS. The van der Waals surface area contributed by atoms with Gasteiger partial charge in [0.25, 0.3) is 0 Å². The van der Waals surface area contributed by atoms with E-state index in [9.17, 15) is 17.6 Å². The first-order chi connectivity index (χ1) is 8.28. The molecule has 9 heteroatoms. The second-order valence-corrected chi connectivity index (χ2v) is 3.41. The number of hydrogen-bond donors (Lipinski definition) is 2. The van der Waals surface area contributed by atoms with Crippen LogP contribution in [0.3, 0.4) is 0 Å². The first-order valence-corrected chi connectivity index (χ1v) is 4.82. The number of hydrogen-bond acceptors (Lipinski definition) is 3. The van der Waals surface area contributed by atoms with Gasteiger partial charge in [-0.25, -0.2) is 4.39 Å². The number of hydrazone groups is 1. The molecule has 0 heterocycles. The number of alkyl halides is 3. The zero-order valence-electron chi connectivity index (χ0n) is 8.66. The van der Waals surface area contributed by atoms with Crippen LogP contribution in [-0.4, -0.2) is 17.7 Å². The van der Waals surface area contributed by atoms with E-state index in [2.05, 4.69) is 27.5 Å². The van der Waals surface area contributed by atoms with Gasteiger partial charge in [-0.2, -0.15) is 5.10 Å². The van der Waals surface area contributed by atoms with Crippen LogP contribution in [0.15, 0.2) is 23.3 Å². The molecule has 3 N–H and O–H groups in total. The summed E-state index contributed by atoms with van der Waals surface area (Å²) in [7, 11) is 0. The minimum absolute atomic E-state index is 0.0479. The summed E-state index contributed by atoms with van der Waals surface area (Å²) in [6, 6.07) is 2.62. The number of thiocarbonyl (C=S) groups is 1. The van der Waals surface area contributed by atoms with E-state index in [1.165, 1.54) is 0 Å². The Kier molecular flexibility index (Phi) is 4.43. The van der Waals surface area contributed by atoms with Gasteiger partial charge in [-0.1, -0.05) is 0 Å². The molecule has 0 saturated carbocycles. The summed E-state index contributed by atoms with van der Waals surface area (Å²) >= 11 is 4.44. The molecule has 0 saturated heterocycles. The monoisotopic (exact) mass is 281 g/mol. The average molecular weight is 281 g/mol. The van der Waals surface area contributed by atoms with Crippen molar-refractivity contribution in [2.45, 2.75) is 6.36 Å². The molecule has 98 valence electrons. The summed E-state index contributed by atoms with van der Waals surface area (Å²) in [6.07, 6.45) is -3.85. The van der Waals surface area contributed by atoms with E-state index in [1.54, 1.807) is 0 Å². The average Bonchev–Trinajstić information content (AvgIpc) is 2.18. The van der Waals surface area contributed by atoms with Crippen molar-refractivity contribution < 1.29 is 22.3 Å². The summed E-state index contributed by atoms with van der Waals surface area (Å²) < 4.78 is 52.4. The van der Waals surface area contributed by atoms with Crippen molar-refractivity contribution in [2.75, 3.05) is 0 Å². The number of nitrogens with zero attached hydrogens (tertiary/aromatic N) is 1. The maximum absolute atomic E-state index is 13.3. The van der Waals surface area contributed by atoms with Crippen LogP contribution in [0.1, 0.15) is 5.56 Å². The molecule has 0 aromatic heterocycles. The predicted octanol–water partition coefficient (Wildman–Crippen LogP) is 1.89. The minimum atomic E-state index is -4.87. The Balaban J connectivity index is 2.80. The maximum atomic E-state index is 13.3. The molecule has 0 radical (unpaired) electrons. The van der Waals surface area contributed by atoms with Crippen LogP contribution >= 0.6 is 12.2 Å². The van der Waals surface area contributed by atoms with Crippen LogP contribution < -0.4 is 15.9 Å². The number of benzene rings is 1. The van der Waals surface area contributed by atoms with Crippen molar-refractivity contribution >= 4 is 23.5 Å². The zero-order chi connectivity index (χ0) is 13.8. The van der Waals surface area contributed by atoms with Crippen molar-refractivity contribution in [2.24, 2.45) is 10.8 Å². The van der Waals surface area contributed by atoms with Crippen molar-refractivity contribution in [1.29, 1.82) is 0 Å². The third-order valence-corrected chi connectivity index (χ3v) is 1.68. The fraction of sp³-hybridized carbons (Fsp3) is 0.111. The normalized spacial score (nSPS) is 11.6. The summed E-state index contributed by atoms with van der Waals surface area (Å²) in [5.41, 5.74) is 7.18. The highest BCUT2D eigenvalue weighted by atomic mass is 32.1. The summed E-state index contributed by atoms with van der Waals surface area (Å²) in [6.45, 7) is 0. The Morgan fingerprint density at radius 2 is 2.11 bits per heavy atom. The highest BCUT2D eigenvalue weighted by Crippen LogP contribution is 2.23. The molecule has 0 aliphatic carbocycles. The lowest BCUT2D eigenvalue weighted by atomic mass is 10.2. The second-order valence-electron chi connectivity index (χ2n) is 2.97. The van der Waals surface area contributed by atoms with Crippen molar-refractivity contribution in [3.63, 3.8) is 0 Å². The first kappa shape index (κ1) is 14.2. The number of halogens is 4. The Morgan fingerprint density at radius 1 is 1.44 bits per heavy atom. The Morgan fingerprint density at radius 3 is 2.61 bits per heavy atom.